The van der Waals surface area contributed by atoms with Crippen LogP contribution >= 0.6 is 11.3 Å². The van der Waals surface area contributed by atoms with Gasteiger partial charge in [0.2, 0.25) is 0 Å². The zero-order valence-corrected chi connectivity index (χ0v) is 18.9. The Labute approximate surface area is 192 Å². The van der Waals surface area contributed by atoms with E-state index in [1.165, 1.54) is 16.9 Å². The van der Waals surface area contributed by atoms with Crippen LogP contribution < -0.4 is 16.2 Å². The number of benzene rings is 2. The summed E-state index contributed by atoms with van der Waals surface area (Å²) in [7, 11) is 1.84. The highest BCUT2D eigenvalue weighted by Crippen LogP contribution is 2.24. The van der Waals surface area contributed by atoms with E-state index in [1.54, 1.807) is 35.2 Å². The number of thiophene rings is 1. The van der Waals surface area contributed by atoms with Crippen molar-refractivity contribution in [1.82, 2.24) is 15.8 Å². The van der Waals surface area contributed by atoms with Gasteiger partial charge in [-0.05, 0) is 60.5 Å². The molecular weight excluding hydrogens is 420 g/mol. The van der Waals surface area contributed by atoms with Gasteiger partial charge in [0.05, 0.1) is 4.88 Å². The van der Waals surface area contributed by atoms with E-state index in [-0.39, 0.29) is 11.8 Å². The molecule has 166 valence electrons. The van der Waals surface area contributed by atoms with Crippen LogP contribution in [0.25, 0.3) is 0 Å². The zero-order valence-electron chi connectivity index (χ0n) is 18.1. The Balaban J connectivity index is 1.21. The normalized spacial score (nSPS) is 17.8. The Kier molecular flexibility index (Phi) is 7.32. The first kappa shape index (κ1) is 22.2. The molecule has 2 amide bonds. The average molecular weight is 449 g/mol. The number of hydrogen-bond donors (Lipinski definition) is 3. The molecule has 0 bridgehead atoms. The van der Waals surface area contributed by atoms with E-state index >= 15 is 0 Å². The molecule has 2 unspecified atom stereocenters. The number of hydrazine groups is 1. The summed E-state index contributed by atoms with van der Waals surface area (Å²) < 4.78 is 0. The average Bonchev–Trinajstić information content (AvgIpc) is 3.52. The van der Waals surface area contributed by atoms with E-state index in [4.69, 9.17) is 0 Å². The Morgan fingerprint density at radius 2 is 1.81 bits per heavy atom. The number of hydrogen-bond acceptors (Lipinski definition) is 5. The lowest BCUT2D eigenvalue weighted by molar-refractivity contribution is 0.0791. The lowest BCUT2D eigenvalue weighted by Gasteiger charge is -2.18. The molecule has 0 aliphatic carbocycles. The first-order valence-corrected chi connectivity index (χ1v) is 11.7. The molecule has 3 N–H and O–H groups in total. The van der Waals surface area contributed by atoms with Crippen molar-refractivity contribution in [2.24, 2.45) is 0 Å². The molecule has 1 aliphatic heterocycles. The number of amides is 2. The second-order valence-corrected chi connectivity index (χ2v) is 9.01. The SMILES string of the molecule is CN(CCCC1CC(c2ccccc2)NN1)C(=O)c1ccc(NC(=O)c2cccs2)cc1. The molecule has 0 spiro atoms. The molecule has 1 saturated heterocycles. The van der Waals surface area contributed by atoms with Gasteiger partial charge in [-0.1, -0.05) is 36.4 Å². The fourth-order valence-corrected chi connectivity index (χ4v) is 4.53. The third-order valence-electron chi connectivity index (χ3n) is 5.71. The summed E-state index contributed by atoms with van der Waals surface area (Å²) in [5.74, 6) is -0.151. The van der Waals surface area contributed by atoms with Crippen LogP contribution in [0.2, 0.25) is 0 Å². The van der Waals surface area contributed by atoms with E-state index in [0.29, 0.717) is 34.8 Å². The van der Waals surface area contributed by atoms with Crippen LogP contribution in [-0.2, 0) is 0 Å². The van der Waals surface area contributed by atoms with Gasteiger partial charge in [0, 0.05) is 36.9 Å². The van der Waals surface area contributed by atoms with Crippen LogP contribution in [0.3, 0.4) is 0 Å². The molecule has 2 atom stereocenters. The summed E-state index contributed by atoms with van der Waals surface area (Å²) >= 11 is 1.40. The third kappa shape index (κ3) is 5.62. The molecule has 32 heavy (non-hydrogen) atoms. The summed E-state index contributed by atoms with van der Waals surface area (Å²) in [6.07, 6.45) is 2.97. The fourth-order valence-electron chi connectivity index (χ4n) is 3.91. The van der Waals surface area contributed by atoms with Crippen molar-refractivity contribution in [2.45, 2.75) is 31.3 Å². The van der Waals surface area contributed by atoms with Crippen LogP contribution in [0.5, 0.6) is 0 Å². The van der Waals surface area contributed by atoms with Crippen molar-refractivity contribution >= 4 is 28.8 Å². The molecule has 4 rings (SSSR count). The largest absolute Gasteiger partial charge is 0.342 e. The standard InChI is InChI=1S/C25H28N4O2S/c1-29(15-5-9-21-17-22(28-27-21)18-7-3-2-4-8-18)25(31)19-11-13-20(14-12-19)26-24(30)23-10-6-16-32-23/h2-4,6-8,10-14,16,21-22,27-28H,5,9,15,17H2,1H3,(H,26,30). The fraction of sp³-hybridized carbons (Fsp3) is 0.280. The topological polar surface area (TPSA) is 73.5 Å². The minimum absolute atomic E-state index is 0.0131. The second-order valence-electron chi connectivity index (χ2n) is 8.06. The van der Waals surface area contributed by atoms with Crippen molar-refractivity contribution in [1.29, 1.82) is 0 Å². The summed E-state index contributed by atoms with van der Waals surface area (Å²) in [6.45, 7) is 0.698. The van der Waals surface area contributed by atoms with Crippen LogP contribution in [-0.4, -0.2) is 36.3 Å². The molecule has 0 radical (unpaired) electrons. The first-order valence-electron chi connectivity index (χ1n) is 10.9. The van der Waals surface area contributed by atoms with E-state index in [9.17, 15) is 9.59 Å². The molecule has 1 aromatic heterocycles. The van der Waals surface area contributed by atoms with Crippen LogP contribution in [0, 0.1) is 0 Å². The number of carbonyl (C=O) groups excluding carboxylic acids is 2. The number of rotatable bonds is 8. The van der Waals surface area contributed by atoms with Crippen molar-refractivity contribution in [3.8, 4) is 0 Å². The molecule has 2 aromatic carbocycles. The minimum Gasteiger partial charge on any atom is -0.342 e. The highest BCUT2D eigenvalue weighted by molar-refractivity contribution is 7.12. The molecule has 6 nitrogen and oxygen atoms in total. The van der Waals surface area contributed by atoms with Gasteiger partial charge in [-0.25, -0.2) is 0 Å². The molecule has 7 heteroatoms. The van der Waals surface area contributed by atoms with Gasteiger partial charge in [0.15, 0.2) is 0 Å². The highest BCUT2D eigenvalue weighted by atomic mass is 32.1. The summed E-state index contributed by atoms with van der Waals surface area (Å²) in [5.41, 5.74) is 9.35. The predicted molar refractivity (Wildman–Crippen MR) is 129 cm³/mol. The maximum atomic E-state index is 12.7. The van der Waals surface area contributed by atoms with E-state index in [0.717, 1.165) is 19.3 Å². The molecule has 3 aromatic rings. The smallest absolute Gasteiger partial charge is 0.265 e. The maximum absolute atomic E-state index is 12.7. The van der Waals surface area contributed by atoms with Crippen LogP contribution in [0.1, 0.15) is 50.9 Å². The van der Waals surface area contributed by atoms with E-state index in [2.05, 4.69) is 40.4 Å². The van der Waals surface area contributed by atoms with Crippen LogP contribution in [0.4, 0.5) is 5.69 Å². The monoisotopic (exact) mass is 448 g/mol. The van der Waals surface area contributed by atoms with Gasteiger partial charge in [-0.3, -0.25) is 20.4 Å². The quantitative estimate of drug-likeness (QED) is 0.476. The number of nitrogens with one attached hydrogen (secondary N) is 3. The van der Waals surface area contributed by atoms with Crippen molar-refractivity contribution < 1.29 is 9.59 Å². The number of nitrogens with zero attached hydrogens (tertiary/aromatic N) is 1. The Bertz CT molecular complexity index is 1020. The second kappa shape index (κ2) is 10.5. The van der Waals surface area contributed by atoms with Gasteiger partial charge < -0.3 is 10.2 Å². The van der Waals surface area contributed by atoms with Crippen molar-refractivity contribution in [2.75, 3.05) is 18.9 Å². The summed E-state index contributed by atoms with van der Waals surface area (Å²) in [6, 6.07) is 21.9. The molecule has 2 heterocycles. The lowest BCUT2D eigenvalue weighted by atomic mass is 10.00. The molecular formula is C25H28N4O2S. The Hall–Kier alpha value is -3.00. The predicted octanol–water partition coefficient (Wildman–Crippen LogP) is 4.46. The number of carbonyl (C=O) groups is 2. The van der Waals surface area contributed by atoms with Crippen molar-refractivity contribution in [3.63, 3.8) is 0 Å². The van der Waals surface area contributed by atoms with Crippen LogP contribution in [0.15, 0.2) is 72.1 Å². The molecule has 1 aliphatic rings. The Morgan fingerprint density at radius 1 is 1.03 bits per heavy atom. The third-order valence-corrected chi connectivity index (χ3v) is 6.58. The number of anilines is 1. The summed E-state index contributed by atoms with van der Waals surface area (Å²) in [5, 5.41) is 4.72. The van der Waals surface area contributed by atoms with Gasteiger partial charge in [0.1, 0.15) is 0 Å². The van der Waals surface area contributed by atoms with Gasteiger partial charge in [-0.2, -0.15) is 0 Å². The van der Waals surface area contributed by atoms with Gasteiger partial charge >= 0.3 is 0 Å². The minimum atomic E-state index is -0.138. The maximum Gasteiger partial charge on any atom is 0.265 e. The van der Waals surface area contributed by atoms with Gasteiger partial charge in [-0.15, -0.1) is 11.3 Å². The van der Waals surface area contributed by atoms with E-state index in [1.807, 2.05) is 24.6 Å². The molecule has 1 fully saturated rings. The summed E-state index contributed by atoms with van der Waals surface area (Å²) in [4.78, 5) is 27.3. The van der Waals surface area contributed by atoms with Gasteiger partial charge in [0.25, 0.3) is 11.8 Å². The zero-order chi connectivity index (χ0) is 22.3. The van der Waals surface area contributed by atoms with E-state index < -0.39 is 0 Å². The Morgan fingerprint density at radius 3 is 2.53 bits per heavy atom. The lowest BCUT2D eigenvalue weighted by Crippen LogP contribution is -2.32. The first-order chi connectivity index (χ1) is 15.6. The highest BCUT2D eigenvalue weighted by Gasteiger charge is 2.24. The van der Waals surface area contributed by atoms with Crippen molar-refractivity contribution in [3.05, 3.63) is 88.1 Å². The molecule has 0 saturated carbocycles.